The fraction of sp³-hybridized carbons (Fsp3) is 0.261. The van der Waals surface area contributed by atoms with Gasteiger partial charge in [0.15, 0.2) is 0 Å². The van der Waals surface area contributed by atoms with Gasteiger partial charge in [0.2, 0.25) is 11.9 Å². The summed E-state index contributed by atoms with van der Waals surface area (Å²) in [6, 6.07) is 16.1. The van der Waals surface area contributed by atoms with Crippen LogP contribution in [0.2, 0.25) is 0 Å². The fourth-order valence-corrected chi connectivity index (χ4v) is 3.52. The van der Waals surface area contributed by atoms with Crippen molar-refractivity contribution in [3.63, 3.8) is 0 Å². The van der Waals surface area contributed by atoms with E-state index in [-0.39, 0.29) is 30.8 Å². The monoisotopic (exact) mass is 422 g/mol. The van der Waals surface area contributed by atoms with Gasteiger partial charge in [-0.05, 0) is 17.2 Å². The molecular weight excluding hydrogens is 399 g/mol. The predicted molar refractivity (Wildman–Crippen MR) is 114 cm³/mol. The number of β-amino-alcohol motifs (C(OH)–C–C–N with tert-alkyl or cyclic N) is 1. The van der Waals surface area contributed by atoms with Crippen LogP contribution in [0.15, 0.2) is 64.1 Å². The van der Waals surface area contributed by atoms with Gasteiger partial charge < -0.3 is 14.5 Å². The lowest BCUT2D eigenvalue weighted by atomic mass is 9.81. The number of halogens is 1. The van der Waals surface area contributed by atoms with Gasteiger partial charge in [0.25, 0.3) is 5.88 Å². The predicted octanol–water partition coefficient (Wildman–Crippen LogP) is 3.22. The number of aliphatic hydroxyl groups is 1. The number of benzene rings is 2. The first-order valence-corrected chi connectivity index (χ1v) is 9.95. The van der Waals surface area contributed by atoms with E-state index in [1.807, 2.05) is 44.2 Å². The lowest BCUT2D eigenvalue weighted by Crippen LogP contribution is -2.32. The van der Waals surface area contributed by atoms with Crippen molar-refractivity contribution in [2.75, 3.05) is 19.7 Å². The van der Waals surface area contributed by atoms with Crippen molar-refractivity contribution in [1.29, 1.82) is 0 Å². The summed E-state index contributed by atoms with van der Waals surface area (Å²) in [4.78, 5) is 17.6. The molecule has 1 aliphatic heterocycles. The maximum atomic E-state index is 14.1. The Morgan fingerprint density at radius 2 is 1.97 bits per heavy atom. The van der Waals surface area contributed by atoms with Crippen LogP contribution in [-0.2, 0) is 10.2 Å². The minimum absolute atomic E-state index is 0.0917. The molecule has 2 heterocycles. The number of aromatic nitrogens is 1. The molecule has 0 aliphatic carbocycles. The number of nitrogens with zero attached hydrogens (tertiary/aromatic N) is 3. The summed E-state index contributed by atoms with van der Waals surface area (Å²) in [5.41, 5.74) is 2.52. The van der Waals surface area contributed by atoms with Crippen molar-refractivity contribution in [2.45, 2.75) is 19.3 Å². The lowest BCUT2D eigenvalue weighted by molar-refractivity contribution is -0.118. The summed E-state index contributed by atoms with van der Waals surface area (Å²) >= 11 is 0. The SMILES string of the molecule is CC(C)(c1ccc(-c2ccccc2F)cc1)c1cc(N=C2NC(=O)CN2CCO)on1. The van der Waals surface area contributed by atoms with E-state index in [9.17, 15) is 9.18 Å². The van der Waals surface area contributed by atoms with Gasteiger partial charge in [0.1, 0.15) is 12.4 Å². The van der Waals surface area contributed by atoms with Crippen molar-refractivity contribution in [3.8, 4) is 11.1 Å². The molecule has 1 fully saturated rings. The van der Waals surface area contributed by atoms with Crippen LogP contribution in [0, 0.1) is 5.82 Å². The number of amides is 1. The van der Waals surface area contributed by atoms with Crippen molar-refractivity contribution < 1.29 is 18.8 Å². The Morgan fingerprint density at radius 1 is 1.23 bits per heavy atom. The molecule has 1 aliphatic rings. The summed E-state index contributed by atoms with van der Waals surface area (Å²) in [5.74, 6) is 0.131. The van der Waals surface area contributed by atoms with E-state index < -0.39 is 5.41 Å². The Balaban J connectivity index is 1.57. The van der Waals surface area contributed by atoms with E-state index in [0.29, 0.717) is 23.8 Å². The van der Waals surface area contributed by atoms with Crippen LogP contribution in [0.5, 0.6) is 0 Å². The molecule has 2 N–H and O–H groups in total. The second-order valence-corrected chi connectivity index (χ2v) is 7.86. The zero-order valence-electron chi connectivity index (χ0n) is 17.3. The van der Waals surface area contributed by atoms with Crippen LogP contribution in [0.3, 0.4) is 0 Å². The Hall–Kier alpha value is -3.52. The van der Waals surface area contributed by atoms with Gasteiger partial charge in [-0.1, -0.05) is 61.5 Å². The molecule has 160 valence electrons. The summed E-state index contributed by atoms with van der Waals surface area (Å²) in [6.45, 7) is 4.36. The molecule has 1 saturated heterocycles. The zero-order valence-corrected chi connectivity index (χ0v) is 17.3. The minimum atomic E-state index is -0.487. The number of guanidine groups is 1. The third-order valence-electron chi connectivity index (χ3n) is 5.40. The minimum Gasteiger partial charge on any atom is -0.395 e. The van der Waals surface area contributed by atoms with E-state index in [2.05, 4.69) is 15.5 Å². The van der Waals surface area contributed by atoms with Crippen molar-refractivity contribution in [1.82, 2.24) is 15.4 Å². The van der Waals surface area contributed by atoms with Gasteiger partial charge in [-0.2, -0.15) is 4.99 Å². The zero-order chi connectivity index (χ0) is 22.0. The highest BCUT2D eigenvalue weighted by molar-refractivity contribution is 6.04. The number of hydrogen-bond acceptors (Lipinski definition) is 5. The lowest BCUT2D eigenvalue weighted by Gasteiger charge is -2.22. The topological polar surface area (TPSA) is 91.0 Å². The van der Waals surface area contributed by atoms with E-state index in [1.165, 1.54) is 6.07 Å². The van der Waals surface area contributed by atoms with Crippen molar-refractivity contribution in [2.24, 2.45) is 4.99 Å². The normalized spacial score (nSPS) is 15.5. The second kappa shape index (κ2) is 8.31. The van der Waals surface area contributed by atoms with Gasteiger partial charge >= 0.3 is 0 Å². The smallest absolute Gasteiger partial charge is 0.253 e. The molecule has 7 nitrogen and oxygen atoms in total. The molecule has 0 saturated carbocycles. The molecule has 0 spiro atoms. The van der Waals surface area contributed by atoms with Gasteiger partial charge in [0, 0.05) is 23.6 Å². The van der Waals surface area contributed by atoms with E-state index in [0.717, 1.165) is 11.1 Å². The fourth-order valence-electron chi connectivity index (χ4n) is 3.52. The summed E-state index contributed by atoms with van der Waals surface area (Å²) in [7, 11) is 0. The van der Waals surface area contributed by atoms with E-state index >= 15 is 0 Å². The Bertz CT molecular complexity index is 1120. The molecule has 0 bridgehead atoms. The summed E-state index contributed by atoms with van der Waals surface area (Å²) in [5, 5.41) is 16.0. The molecular formula is C23H23FN4O3. The van der Waals surface area contributed by atoms with Crippen LogP contribution in [-0.4, -0.2) is 46.7 Å². The quantitative estimate of drug-likeness (QED) is 0.637. The standard InChI is InChI=1S/C23H23FN4O3/c1-23(2,16-9-7-15(8-10-16)17-5-3-4-6-18(17)24)19-13-21(31-27-19)26-22-25-20(30)14-28(22)11-12-29/h3-10,13,29H,11-12,14H2,1-2H3,(H,25,26,30). The average Bonchev–Trinajstić information content (AvgIpc) is 3.36. The maximum absolute atomic E-state index is 14.1. The largest absolute Gasteiger partial charge is 0.395 e. The van der Waals surface area contributed by atoms with Gasteiger partial charge in [-0.15, -0.1) is 0 Å². The van der Waals surface area contributed by atoms with Crippen molar-refractivity contribution >= 4 is 17.8 Å². The number of hydrogen-bond donors (Lipinski definition) is 2. The van der Waals surface area contributed by atoms with Gasteiger partial charge in [0.05, 0.1) is 12.3 Å². The molecule has 4 rings (SSSR count). The molecule has 3 aromatic rings. The number of aliphatic hydroxyl groups excluding tert-OH is 1. The molecule has 0 radical (unpaired) electrons. The number of carbonyl (C=O) groups excluding carboxylic acids is 1. The summed E-state index contributed by atoms with van der Waals surface area (Å²) < 4.78 is 19.4. The first kappa shape index (κ1) is 20.7. The maximum Gasteiger partial charge on any atom is 0.253 e. The highest BCUT2D eigenvalue weighted by Crippen LogP contribution is 2.34. The average molecular weight is 422 g/mol. The number of carbonyl (C=O) groups is 1. The van der Waals surface area contributed by atoms with E-state index in [4.69, 9.17) is 9.63 Å². The molecule has 1 aromatic heterocycles. The second-order valence-electron chi connectivity index (χ2n) is 7.86. The highest BCUT2D eigenvalue weighted by atomic mass is 19.1. The van der Waals surface area contributed by atoms with Crippen LogP contribution in [0.25, 0.3) is 11.1 Å². The Kier molecular flexibility index (Phi) is 5.56. The molecule has 1 amide bonds. The molecule has 2 aromatic carbocycles. The van der Waals surface area contributed by atoms with Gasteiger partial charge in [-0.3, -0.25) is 10.1 Å². The Morgan fingerprint density at radius 3 is 2.68 bits per heavy atom. The van der Waals surface area contributed by atoms with Crippen LogP contribution in [0.1, 0.15) is 25.1 Å². The Labute approximate surface area is 179 Å². The molecule has 0 atom stereocenters. The van der Waals surface area contributed by atoms with E-state index in [1.54, 1.807) is 23.1 Å². The van der Waals surface area contributed by atoms with Gasteiger partial charge in [-0.25, -0.2) is 4.39 Å². The van der Waals surface area contributed by atoms with Crippen molar-refractivity contribution in [3.05, 3.63) is 71.7 Å². The number of aliphatic imine (C=N–C) groups is 1. The number of nitrogens with one attached hydrogen (secondary N) is 1. The molecule has 0 unspecified atom stereocenters. The molecule has 31 heavy (non-hydrogen) atoms. The van der Waals surface area contributed by atoms with Crippen LogP contribution in [0.4, 0.5) is 10.3 Å². The summed E-state index contributed by atoms with van der Waals surface area (Å²) in [6.07, 6.45) is 0. The number of rotatable bonds is 6. The van der Waals surface area contributed by atoms with Crippen LogP contribution >= 0.6 is 0 Å². The highest BCUT2D eigenvalue weighted by Gasteiger charge is 2.29. The first-order valence-electron chi connectivity index (χ1n) is 9.95. The third-order valence-corrected chi connectivity index (χ3v) is 5.40. The third kappa shape index (κ3) is 4.20. The first-order chi connectivity index (χ1) is 14.9. The van der Waals surface area contributed by atoms with Crippen LogP contribution < -0.4 is 5.32 Å². The molecule has 8 heteroatoms.